The summed E-state index contributed by atoms with van der Waals surface area (Å²) in [6.07, 6.45) is 0. The van der Waals surface area contributed by atoms with Gasteiger partial charge in [-0.25, -0.2) is 8.42 Å². The Morgan fingerprint density at radius 1 is 0.510 bits per heavy atom. The minimum Gasteiger partial charge on any atom is -0.457 e. The number of furan rings is 1. The molecule has 49 heavy (non-hydrogen) atoms. The molecule has 2 aromatic heterocycles. The fourth-order valence-electron chi connectivity index (χ4n) is 8.62. The molecule has 11 rings (SSSR count). The molecule has 7 aromatic carbocycles. The van der Waals surface area contributed by atoms with Gasteiger partial charge in [-0.3, -0.25) is 0 Å². The molecule has 1 spiro atoms. The summed E-state index contributed by atoms with van der Waals surface area (Å²) in [5.41, 5.74) is 6.60. The Morgan fingerprint density at radius 2 is 1.14 bits per heavy atom. The molecule has 9 aromatic rings. The lowest BCUT2D eigenvalue weighted by molar-refractivity contribution is 0.430. The van der Waals surface area contributed by atoms with E-state index >= 15 is 0 Å². The molecular weight excluding hydrogens is 627 g/mol. The van der Waals surface area contributed by atoms with Crippen molar-refractivity contribution in [3.63, 3.8) is 0 Å². The lowest BCUT2D eigenvalue weighted by atomic mass is 9.62. The van der Waals surface area contributed by atoms with Crippen LogP contribution < -0.4 is 4.74 Å². The number of sulfone groups is 1. The second-order valence-electron chi connectivity index (χ2n) is 12.8. The van der Waals surface area contributed by atoms with Gasteiger partial charge in [0, 0.05) is 38.2 Å². The van der Waals surface area contributed by atoms with E-state index in [1.54, 1.807) is 12.1 Å². The predicted octanol–water partition coefficient (Wildman–Crippen LogP) is 10.3. The number of hydrogen-bond donors (Lipinski definition) is 0. The first-order valence-corrected chi connectivity index (χ1v) is 17.8. The number of benzene rings is 7. The van der Waals surface area contributed by atoms with Gasteiger partial charge in [-0.15, -0.1) is 0 Å². The van der Waals surface area contributed by atoms with Crippen LogP contribution in [-0.4, -0.2) is 13.0 Å². The zero-order valence-electron chi connectivity index (χ0n) is 25.9. The molecule has 2 aliphatic rings. The summed E-state index contributed by atoms with van der Waals surface area (Å²) in [4.78, 5) is 0.610. The van der Waals surface area contributed by atoms with E-state index in [0.29, 0.717) is 21.3 Å². The van der Waals surface area contributed by atoms with Crippen LogP contribution in [0.1, 0.15) is 22.3 Å². The number of nitrogens with zero attached hydrogens (tertiary/aromatic N) is 1. The van der Waals surface area contributed by atoms with E-state index in [4.69, 9.17) is 9.15 Å². The molecule has 232 valence electrons. The van der Waals surface area contributed by atoms with Gasteiger partial charge in [0.1, 0.15) is 17.1 Å². The predicted molar refractivity (Wildman–Crippen MR) is 192 cm³/mol. The molecule has 0 N–H and O–H groups in total. The molecule has 0 bridgehead atoms. The minimum absolute atomic E-state index is 0.301. The molecule has 5 nitrogen and oxygen atoms in total. The second kappa shape index (κ2) is 9.28. The molecule has 0 unspecified atom stereocenters. The molecule has 6 heteroatoms. The molecule has 0 fully saturated rings. The number of hydrogen-bond acceptors (Lipinski definition) is 4. The van der Waals surface area contributed by atoms with Gasteiger partial charge in [0.15, 0.2) is 5.58 Å². The highest BCUT2D eigenvalue weighted by molar-refractivity contribution is 7.91. The van der Waals surface area contributed by atoms with Crippen LogP contribution >= 0.6 is 0 Å². The first-order valence-electron chi connectivity index (χ1n) is 16.3. The molecule has 0 aliphatic carbocycles. The first-order chi connectivity index (χ1) is 24.1. The molecule has 2 aliphatic heterocycles. The van der Waals surface area contributed by atoms with Crippen LogP contribution in [0.2, 0.25) is 0 Å². The fourth-order valence-corrected chi connectivity index (χ4v) is 10.4. The topological polar surface area (TPSA) is 61.4 Å². The molecule has 0 amide bonds. The summed E-state index contributed by atoms with van der Waals surface area (Å²) in [7, 11) is -3.92. The number of para-hydroxylation sites is 5. The highest BCUT2D eigenvalue weighted by Gasteiger charge is 2.54. The van der Waals surface area contributed by atoms with Crippen molar-refractivity contribution in [3.05, 3.63) is 174 Å². The number of ether oxygens (including phenoxy) is 1. The Bertz CT molecular complexity index is 2960. The molecule has 0 saturated carbocycles. The lowest BCUT2D eigenvalue weighted by Gasteiger charge is -2.45. The first kappa shape index (κ1) is 26.9. The summed E-state index contributed by atoms with van der Waals surface area (Å²) >= 11 is 0. The Balaban J connectivity index is 1.39. The van der Waals surface area contributed by atoms with Crippen molar-refractivity contribution in [1.82, 2.24) is 4.57 Å². The minimum atomic E-state index is -3.92. The summed E-state index contributed by atoms with van der Waals surface area (Å²) in [5, 5.41) is 3.91. The van der Waals surface area contributed by atoms with E-state index in [0.717, 1.165) is 71.7 Å². The third-order valence-electron chi connectivity index (χ3n) is 10.5. The maximum absolute atomic E-state index is 14.8. The van der Waals surface area contributed by atoms with Gasteiger partial charge in [0.2, 0.25) is 9.84 Å². The van der Waals surface area contributed by atoms with Crippen molar-refractivity contribution in [2.24, 2.45) is 0 Å². The smallest absolute Gasteiger partial charge is 0.207 e. The maximum Gasteiger partial charge on any atom is 0.207 e. The average Bonchev–Trinajstić information content (AvgIpc) is 3.69. The molecular formula is C43H25NO4S. The van der Waals surface area contributed by atoms with Crippen molar-refractivity contribution in [2.75, 3.05) is 0 Å². The lowest BCUT2D eigenvalue weighted by Crippen LogP contribution is -2.39. The van der Waals surface area contributed by atoms with Crippen LogP contribution in [0, 0.1) is 0 Å². The van der Waals surface area contributed by atoms with Crippen molar-refractivity contribution in [2.45, 2.75) is 15.2 Å². The molecule has 0 radical (unpaired) electrons. The van der Waals surface area contributed by atoms with Crippen molar-refractivity contribution < 1.29 is 17.6 Å². The summed E-state index contributed by atoms with van der Waals surface area (Å²) in [5.74, 6) is 1.41. The van der Waals surface area contributed by atoms with Gasteiger partial charge >= 0.3 is 0 Å². The van der Waals surface area contributed by atoms with Crippen LogP contribution in [-0.2, 0) is 15.3 Å². The van der Waals surface area contributed by atoms with Crippen LogP contribution in [0.3, 0.4) is 0 Å². The van der Waals surface area contributed by atoms with Crippen LogP contribution in [0.15, 0.2) is 166 Å². The van der Waals surface area contributed by atoms with E-state index in [-0.39, 0.29) is 0 Å². The average molecular weight is 652 g/mol. The number of fused-ring (bicyclic) bond motifs is 15. The Hall–Kier alpha value is -6.11. The van der Waals surface area contributed by atoms with Gasteiger partial charge < -0.3 is 13.7 Å². The van der Waals surface area contributed by atoms with Gasteiger partial charge in [-0.05, 0) is 54.1 Å². The van der Waals surface area contributed by atoms with Crippen molar-refractivity contribution >= 4 is 53.6 Å². The normalized spacial score (nSPS) is 15.2. The van der Waals surface area contributed by atoms with Crippen LogP contribution in [0.4, 0.5) is 0 Å². The third-order valence-corrected chi connectivity index (χ3v) is 12.3. The van der Waals surface area contributed by atoms with E-state index < -0.39 is 15.3 Å². The Labute approximate surface area is 281 Å². The van der Waals surface area contributed by atoms with Gasteiger partial charge in [-0.1, -0.05) is 103 Å². The van der Waals surface area contributed by atoms with Crippen LogP contribution in [0.5, 0.6) is 11.5 Å². The van der Waals surface area contributed by atoms with Gasteiger partial charge in [-0.2, -0.15) is 0 Å². The number of rotatable bonds is 1. The quantitative estimate of drug-likeness (QED) is 0.177. The highest BCUT2D eigenvalue weighted by atomic mass is 32.2. The monoisotopic (exact) mass is 651 g/mol. The fraction of sp³-hybridized carbons (Fsp3) is 0.0233. The van der Waals surface area contributed by atoms with Crippen LogP contribution in [0.25, 0.3) is 49.4 Å². The standard InChI is InChI=1S/C43H25NO4S/c45-49(46)38-23-10-5-17-31(38)43(29-15-3-8-21-36(29)47-37-22-9-4-16-30(37)43)41-39(49)25-24-33-40(41)28-13-1-6-18-32(28)44(33)34-19-11-14-27-26-12-2-7-20-35(26)48-42(27)34/h1-25H. The molecule has 0 atom stereocenters. The maximum atomic E-state index is 14.8. The second-order valence-corrected chi connectivity index (χ2v) is 14.7. The van der Waals surface area contributed by atoms with Crippen molar-refractivity contribution in [3.8, 4) is 17.2 Å². The van der Waals surface area contributed by atoms with Gasteiger partial charge in [0.25, 0.3) is 0 Å². The zero-order chi connectivity index (χ0) is 32.5. The SMILES string of the molecule is O=S1(=O)c2ccccc2C2(c3ccccc3Oc3ccccc32)c2c1ccc1c2c2ccccc2n1-c1cccc2c1oc1ccccc12. The van der Waals surface area contributed by atoms with Crippen molar-refractivity contribution in [1.29, 1.82) is 0 Å². The summed E-state index contributed by atoms with van der Waals surface area (Å²) < 4.78 is 45.0. The highest BCUT2D eigenvalue weighted by Crippen LogP contribution is 2.62. The van der Waals surface area contributed by atoms with E-state index in [9.17, 15) is 8.42 Å². The van der Waals surface area contributed by atoms with E-state index in [2.05, 4.69) is 53.1 Å². The molecule has 0 saturated heterocycles. The Morgan fingerprint density at radius 3 is 1.94 bits per heavy atom. The summed E-state index contributed by atoms with van der Waals surface area (Å²) in [6, 6.07) is 49.9. The zero-order valence-corrected chi connectivity index (χ0v) is 26.7. The Kier molecular flexibility index (Phi) is 5.09. The number of aromatic nitrogens is 1. The molecule has 4 heterocycles. The van der Waals surface area contributed by atoms with E-state index in [1.165, 1.54) is 0 Å². The largest absolute Gasteiger partial charge is 0.457 e. The van der Waals surface area contributed by atoms with E-state index in [1.807, 2.05) is 91.0 Å². The van der Waals surface area contributed by atoms with Gasteiger partial charge in [0.05, 0.1) is 31.9 Å². The summed E-state index contributed by atoms with van der Waals surface area (Å²) in [6.45, 7) is 0. The third kappa shape index (κ3) is 3.22.